The molecule has 1 unspecified atom stereocenters. The Hall–Kier alpha value is 1.15. The van der Waals surface area contributed by atoms with Crippen molar-refractivity contribution in [3.05, 3.63) is 56.8 Å². The summed E-state index contributed by atoms with van der Waals surface area (Å²) in [6, 6.07) is 7.49. The van der Waals surface area contributed by atoms with Gasteiger partial charge in [0.1, 0.15) is 25.2 Å². The highest BCUT2D eigenvalue weighted by Gasteiger charge is 2.42. The van der Waals surface area contributed by atoms with Crippen molar-refractivity contribution in [1.82, 2.24) is 4.90 Å². The zero-order chi connectivity index (χ0) is 29.4. The Morgan fingerprint density at radius 3 is 2.12 bits per heavy atom. The van der Waals surface area contributed by atoms with E-state index >= 15 is 0 Å². The normalized spacial score (nSPS) is 15.3. The van der Waals surface area contributed by atoms with Gasteiger partial charge in [0.05, 0.1) is 24.3 Å². The van der Waals surface area contributed by atoms with E-state index in [2.05, 4.69) is 140 Å². The highest BCUT2D eigenvalue weighted by molar-refractivity contribution is 14.1. The zero-order valence-electron chi connectivity index (χ0n) is 21.2. The maximum absolute atomic E-state index is 13.5. The lowest BCUT2D eigenvalue weighted by atomic mass is 9.87. The molecule has 1 atom stereocenters. The molecule has 2 aromatic carbocycles. The Labute approximate surface area is 315 Å². The van der Waals surface area contributed by atoms with E-state index in [4.69, 9.17) is 18.9 Å². The standard InChI is InChI=1S/C26H25I6NO7/c1-2-26(25(36)38-10-7-33-5-8-37-9-6-33,13-39-23(34)16-11-15(27)12-19(30)21(16)31)14-40-24(35)20-17(28)3-4-18(29)22(20)32/h3-4,11-12H,2,5-10,13-14H2,1H3. The summed E-state index contributed by atoms with van der Waals surface area (Å²) >= 11 is 12.8. The maximum atomic E-state index is 13.5. The summed E-state index contributed by atoms with van der Waals surface area (Å²) in [7, 11) is 0. The van der Waals surface area contributed by atoms with Gasteiger partial charge in [0.2, 0.25) is 0 Å². The Morgan fingerprint density at radius 2 is 1.48 bits per heavy atom. The van der Waals surface area contributed by atoms with Crippen molar-refractivity contribution in [2.45, 2.75) is 13.3 Å². The fourth-order valence-corrected chi connectivity index (χ4v) is 8.43. The Morgan fingerprint density at radius 1 is 0.850 bits per heavy atom. The van der Waals surface area contributed by atoms with E-state index in [0.717, 1.165) is 34.5 Å². The average molecular weight is 1220 g/mol. The van der Waals surface area contributed by atoms with Gasteiger partial charge < -0.3 is 18.9 Å². The van der Waals surface area contributed by atoms with Crippen molar-refractivity contribution in [2.75, 3.05) is 52.7 Å². The van der Waals surface area contributed by atoms with Gasteiger partial charge in [-0.15, -0.1) is 0 Å². The lowest BCUT2D eigenvalue weighted by Gasteiger charge is -2.31. The maximum Gasteiger partial charge on any atom is 0.340 e. The molecule has 0 spiro atoms. The highest BCUT2D eigenvalue weighted by Crippen LogP contribution is 2.30. The minimum atomic E-state index is -1.37. The van der Waals surface area contributed by atoms with E-state index < -0.39 is 23.3 Å². The number of carbonyl (C=O) groups excluding carboxylic acids is 3. The van der Waals surface area contributed by atoms with Crippen molar-refractivity contribution in [3.8, 4) is 0 Å². The summed E-state index contributed by atoms with van der Waals surface area (Å²) in [5, 5.41) is 0. The third-order valence-electron chi connectivity index (χ3n) is 6.27. The molecule has 3 rings (SSSR count). The summed E-state index contributed by atoms with van der Waals surface area (Å²) in [6.45, 7) is 4.78. The topological polar surface area (TPSA) is 91.4 Å². The van der Waals surface area contributed by atoms with Crippen LogP contribution in [0, 0.1) is 26.8 Å². The summed E-state index contributed by atoms with van der Waals surface area (Å²) in [5.41, 5.74) is -0.503. The zero-order valence-corrected chi connectivity index (χ0v) is 34.2. The van der Waals surface area contributed by atoms with E-state index in [-0.39, 0.29) is 26.2 Å². The van der Waals surface area contributed by atoms with Crippen LogP contribution in [0.1, 0.15) is 34.1 Å². The molecule has 218 valence electrons. The molecule has 1 aliphatic rings. The van der Waals surface area contributed by atoms with E-state index in [1.165, 1.54) is 0 Å². The Balaban J connectivity index is 1.79. The summed E-state index contributed by atoms with van der Waals surface area (Å²) in [4.78, 5) is 42.1. The van der Waals surface area contributed by atoms with Gasteiger partial charge in [0, 0.05) is 41.1 Å². The number of benzene rings is 2. The van der Waals surface area contributed by atoms with Gasteiger partial charge in [-0.3, -0.25) is 9.69 Å². The SMILES string of the molecule is CCC(COC(=O)c1cc(I)cc(I)c1I)(COC(=O)c1c(I)ccc(I)c1I)C(=O)OCCN1CCOCC1. The first-order valence-corrected chi connectivity index (χ1v) is 18.6. The second-order valence-electron chi connectivity index (χ2n) is 8.84. The van der Waals surface area contributed by atoms with Crippen LogP contribution in [-0.4, -0.2) is 75.5 Å². The molecular weight excluding hydrogens is 1200 g/mol. The predicted octanol–water partition coefficient (Wildman–Crippen LogP) is 6.60. The molecule has 0 aliphatic carbocycles. The molecule has 0 aromatic heterocycles. The molecule has 1 fully saturated rings. The number of halogens is 6. The van der Waals surface area contributed by atoms with Gasteiger partial charge in [-0.25, -0.2) is 9.59 Å². The van der Waals surface area contributed by atoms with Crippen molar-refractivity contribution >= 4 is 153 Å². The number of hydrogen-bond acceptors (Lipinski definition) is 8. The number of hydrogen-bond donors (Lipinski definition) is 0. The molecule has 1 heterocycles. The van der Waals surface area contributed by atoms with Crippen LogP contribution in [-0.2, 0) is 23.7 Å². The first-order valence-electron chi connectivity index (χ1n) is 12.1. The number of nitrogens with zero attached hydrogens (tertiary/aromatic N) is 1. The average Bonchev–Trinajstić information content (AvgIpc) is 2.93. The molecule has 0 N–H and O–H groups in total. The first-order chi connectivity index (χ1) is 19.0. The smallest absolute Gasteiger partial charge is 0.340 e. The highest BCUT2D eigenvalue weighted by atomic mass is 127. The van der Waals surface area contributed by atoms with Crippen LogP contribution in [0.4, 0.5) is 0 Å². The molecule has 40 heavy (non-hydrogen) atoms. The van der Waals surface area contributed by atoms with Gasteiger partial charge >= 0.3 is 17.9 Å². The molecule has 1 aliphatic heterocycles. The largest absolute Gasteiger partial charge is 0.464 e. The van der Waals surface area contributed by atoms with Gasteiger partial charge in [-0.1, -0.05) is 6.92 Å². The van der Waals surface area contributed by atoms with E-state index in [1.807, 2.05) is 18.2 Å². The Bertz CT molecular complexity index is 1250. The molecule has 8 nitrogen and oxygen atoms in total. The van der Waals surface area contributed by atoms with Crippen molar-refractivity contribution in [1.29, 1.82) is 0 Å². The van der Waals surface area contributed by atoms with Crippen LogP contribution >= 0.6 is 136 Å². The van der Waals surface area contributed by atoms with Crippen LogP contribution < -0.4 is 0 Å². The molecule has 0 saturated carbocycles. The number of ether oxygens (including phenoxy) is 4. The Kier molecular flexibility index (Phi) is 15.1. The predicted molar refractivity (Wildman–Crippen MR) is 201 cm³/mol. The van der Waals surface area contributed by atoms with Gasteiger partial charge in [-0.05, 0) is 166 Å². The van der Waals surface area contributed by atoms with Gasteiger partial charge in [-0.2, -0.15) is 0 Å². The van der Waals surface area contributed by atoms with Crippen molar-refractivity contribution in [3.63, 3.8) is 0 Å². The summed E-state index contributed by atoms with van der Waals surface area (Å²) < 4.78 is 27.6. The number of esters is 3. The third-order valence-corrected chi connectivity index (χ3v) is 13.9. The second kappa shape index (κ2) is 17.0. The van der Waals surface area contributed by atoms with E-state index in [0.29, 0.717) is 30.9 Å². The fourth-order valence-electron chi connectivity index (χ4n) is 3.73. The van der Waals surface area contributed by atoms with Gasteiger partial charge in [0.25, 0.3) is 0 Å². The second-order valence-corrected chi connectivity index (χ2v) is 15.7. The fraction of sp³-hybridized carbons (Fsp3) is 0.423. The minimum absolute atomic E-state index is 0.169. The summed E-state index contributed by atoms with van der Waals surface area (Å²) in [6.07, 6.45) is 0.241. The van der Waals surface area contributed by atoms with Crippen LogP contribution in [0.2, 0.25) is 0 Å². The van der Waals surface area contributed by atoms with Crippen LogP contribution in [0.5, 0.6) is 0 Å². The van der Waals surface area contributed by atoms with E-state index in [9.17, 15) is 14.4 Å². The third kappa shape index (κ3) is 9.57. The first kappa shape index (κ1) is 35.6. The number of rotatable bonds is 11. The molecule has 2 aromatic rings. The van der Waals surface area contributed by atoms with Crippen molar-refractivity contribution < 1.29 is 33.3 Å². The van der Waals surface area contributed by atoms with Crippen LogP contribution in [0.3, 0.4) is 0 Å². The quantitative estimate of drug-likeness (QED) is 0.108. The van der Waals surface area contributed by atoms with Crippen LogP contribution in [0.25, 0.3) is 0 Å². The van der Waals surface area contributed by atoms with Gasteiger partial charge in [0.15, 0.2) is 0 Å². The van der Waals surface area contributed by atoms with Crippen molar-refractivity contribution in [2.24, 2.45) is 5.41 Å². The molecule has 14 heteroatoms. The number of carbonyl (C=O) groups is 3. The molecular formula is C26H25I6NO7. The monoisotopic (exact) mass is 1220 g/mol. The molecule has 1 saturated heterocycles. The molecule has 0 bridgehead atoms. The van der Waals surface area contributed by atoms with Crippen LogP contribution in [0.15, 0.2) is 24.3 Å². The van der Waals surface area contributed by atoms with E-state index in [1.54, 1.807) is 13.0 Å². The molecule has 0 radical (unpaired) electrons. The molecule has 0 amide bonds. The lowest BCUT2D eigenvalue weighted by molar-refractivity contribution is -0.162. The minimum Gasteiger partial charge on any atom is -0.464 e. The lowest BCUT2D eigenvalue weighted by Crippen LogP contribution is -2.44. The summed E-state index contributed by atoms with van der Waals surface area (Å²) in [5.74, 6) is -1.66. The number of morpholine rings is 1.